The largest absolute Gasteiger partial charge is 0.480 e. The van der Waals surface area contributed by atoms with E-state index in [2.05, 4.69) is 5.32 Å². The molecule has 1 amide bonds. The van der Waals surface area contributed by atoms with E-state index >= 15 is 0 Å². The first-order chi connectivity index (χ1) is 7.39. The fraction of sp³-hybridized carbons (Fsp3) is 0.818. The van der Waals surface area contributed by atoms with Gasteiger partial charge in [0.05, 0.1) is 12.1 Å². The molecule has 1 aliphatic carbocycles. The van der Waals surface area contributed by atoms with Crippen molar-refractivity contribution >= 4 is 11.9 Å². The Morgan fingerprint density at radius 2 is 2.00 bits per heavy atom. The summed E-state index contributed by atoms with van der Waals surface area (Å²) >= 11 is 0. The first-order valence-corrected chi connectivity index (χ1v) is 5.46. The summed E-state index contributed by atoms with van der Waals surface area (Å²) in [6.45, 7) is 2.81. The van der Waals surface area contributed by atoms with Gasteiger partial charge in [-0.15, -0.1) is 0 Å². The van der Waals surface area contributed by atoms with Crippen LogP contribution in [0.4, 0.5) is 0 Å². The number of carbonyl (C=O) groups excluding carboxylic acids is 1. The van der Waals surface area contributed by atoms with Gasteiger partial charge in [-0.05, 0) is 33.1 Å². The van der Waals surface area contributed by atoms with Gasteiger partial charge in [0.2, 0.25) is 5.91 Å². The Kier molecular flexibility index (Phi) is 3.91. The number of hydrogen-bond acceptors (Lipinski definition) is 3. The Morgan fingerprint density at radius 1 is 1.38 bits per heavy atom. The molecule has 0 aromatic heterocycles. The monoisotopic (exact) mass is 229 g/mol. The van der Waals surface area contributed by atoms with Crippen LogP contribution in [-0.2, 0) is 14.3 Å². The van der Waals surface area contributed by atoms with Gasteiger partial charge in [0.15, 0.2) is 0 Å². The van der Waals surface area contributed by atoms with Gasteiger partial charge in [-0.1, -0.05) is 0 Å². The molecule has 0 aromatic carbocycles. The van der Waals surface area contributed by atoms with Crippen LogP contribution in [0.15, 0.2) is 0 Å². The Balaban J connectivity index is 2.60. The van der Waals surface area contributed by atoms with Crippen LogP contribution in [0.1, 0.15) is 33.1 Å². The quantitative estimate of drug-likeness (QED) is 0.698. The molecular weight excluding hydrogens is 210 g/mol. The molecule has 1 fully saturated rings. The molecule has 2 unspecified atom stereocenters. The molecule has 0 saturated heterocycles. The van der Waals surface area contributed by atoms with Gasteiger partial charge in [-0.2, -0.15) is 0 Å². The van der Waals surface area contributed by atoms with Gasteiger partial charge >= 0.3 is 5.97 Å². The fourth-order valence-electron chi connectivity index (χ4n) is 1.82. The highest BCUT2D eigenvalue weighted by Crippen LogP contribution is 2.23. The second-order valence-electron chi connectivity index (χ2n) is 4.72. The average molecular weight is 229 g/mol. The van der Waals surface area contributed by atoms with E-state index < -0.39 is 17.3 Å². The summed E-state index contributed by atoms with van der Waals surface area (Å²) < 4.78 is 5.24. The van der Waals surface area contributed by atoms with Crippen LogP contribution in [0, 0.1) is 5.41 Å². The zero-order valence-corrected chi connectivity index (χ0v) is 9.95. The highest BCUT2D eigenvalue weighted by atomic mass is 16.5. The minimum absolute atomic E-state index is 0.00791. The standard InChI is InChI=1S/C11H19NO4/c1-11(2,10(14)15)9(13)12-7-5-4-6-8(7)16-3/h7-8H,4-6H2,1-3H3,(H,12,13)(H,14,15). The maximum Gasteiger partial charge on any atom is 0.318 e. The van der Waals surface area contributed by atoms with Gasteiger partial charge in [0, 0.05) is 7.11 Å². The first-order valence-electron chi connectivity index (χ1n) is 5.46. The van der Waals surface area contributed by atoms with Gasteiger partial charge < -0.3 is 15.2 Å². The highest BCUT2D eigenvalue weighted by molar-refractivity contribution is 6.01. The molecule has 2 N–H and O–H groups in total. The third-order valence-electron chi connectivity index (χ3n) is 3.17. The lowest BCUT2D eigenvalue weighted by Gasteiger charge is -2.24. The number of nitrogens with one attached hydrogen (secondary N) is 1. The Bertz CT molecular complexity index is 288. The summed E-state index contributed by atoms with van der Waals surface area (Å²) in [5.74, 6) is -1.56. The summed E-state index contributed by atoms with van der Waals surface area (Å²) in [6.07, 6.45) is 2.76. The maximum absolute atomic E-state index is 11.8. The molecule has 0 bridgehead atoms. The van der Waals surface area contributed by atoms with E-state index in [4.69, 9.17) is 9.84 Å². The number of hydrogen-bond donors (Lipinski definition) is 2. The van der Waals surface area contributed by atoms with Crippen molar-refractivity contribution in [2.24, 2.45) is 5.41 Å². The topological polar surface area (TPSA) is 75.6 Å². The van der Waals surface area contributed by atoms with Crippen molar-refractivity contribution in [3.05, 3.63) is 0 Å². The molecular formula is C11H19NO4. The highest BCUT2D eigenvalue weighted by Gasteiger charge is 2.39. The van der Waals surface area contributed by atoms with Gasteiger partial charge in [-0.25, -0.2) is 0 Å². The van der Waals surface area contributed by atoms with Crippen LogP contribution in [0.5, 0.6) is 0 Å². The van der Waals surface area contributed by atoms with E-state index in [1.54, 1.807) is 7.11 Å². The van der Waals surface area contributed by atoms with Gasteiger partial charge in [0.25, 0.3) is 0 Å². The summed E-state index contributed by atoms with van der Waals surface area (Å²) in [5.41, 5.74) is -1.39. The summed E-state index contributed by atoms with van der Waals surface area (Å²) in [5, 5.41) is 11.7. The van der Waals surface area contributed by atoms with Crippen molar-refractivity contribution in [3.8, 4) is 0 Å². The van der Waals surface area contributed by atoms with Crippen LogP contribution in [0.25, 0.3) is 0 Å². The lowest BCUT2D eigenvalue weighted by molar-refractivity contribution is -0.153. The number of aliphatic carboxylic acids is 1. The molecule has 0 aliphatic heterocycles. The predicted octanol–water partition coefficient (Wildman–Crippen LogP) is 0.781. The smallest absolute Gasteiger partial charge is 0.318 e. The second kappa shape index (κ2) is 4.82. The third-order valence-corrected chi connectivity index (χ3v) is 3.17. The molecule has 2 atom stereocenters. The third kappa shape index (κ3) is 2.52. The molecule has 5 nitrogen and oxygen atoms in total. The van der Waals surface area contributed by atoms with Crippen LogP contribution < -0.4 is 5.32 Å². The minimum Gasteiger partial charge on any atom is -0.480 e. The summed E-state index contributed by atoms with van der Waals surface area (Å²) in [6, 6.07) is -0.0591. The average Bonchev–Trinajstić information content (AvgIpc) is 2.64. The van der Waals surface area contributed by atoms with Crippen LogP contribution in [-0.4, -0.2) is 36.2 Å². The van der Waals surface area contributed by atoms with Crippen LogP contribution in [0.3, 0.4) is 0 Å². The lowest BCUT2D eigenvalue weighted by atomic mass is 9.92. The number of carboxylic acid groups (broad SMARTS) is 1. The molecule has 0 heterocycles. The number of carboxylic acids is 1. The SMILES string of the molecule is COC1CCCC1NC(=O)C(C)(C)C(=O)O. The molecule has 0 spiro atoms. The summed E-state index contributed by atoms with van der Waals surface area (Å²) in [7, 11) is 1.61. The number of methoxy groups -OCH3 is 1. The Morgan fingerprint density at radius 3 is 2.50 bits per heavy atom. The van der Waals surface area contributed by atoms with Crippen molar-refractivity contribution in [1.82, 2.24) is 5.32 Å². The number of ether oxygens (including phenoxy) is 1. The van der Waals surface area contributed by atoms with Crippen molar-refractivity contribution in [3.63, 3.8) is 0 Å². The second-order valence-corrected chi connectivity index (χ2v) is 4.72. The molecule has 0 aromatic rings. The lowest BCUT2D eigenvalue weighted by Crippen LogP contribution is -2.49. The molecule has 0 radical (unpaired) electrons. The normalized spacial score (nSPS) is 25.4. The van der Waals surface area contributed by atoms with Crippen molar-refractivity contribution in [1.29, 1.82) is 0 Å². The molecule has 1 aliphatic rings. The zero-order valence-electron chi connectivity index (χ0n) is 9.95. The molecule has 1 rings (SSSR count). The van der Waals surface area contributed by atoms with Crippen molar-refractivity contribution < 1.29 is 19.4 Å². The summed E-state index contributed by atoms with van der Waals surface area (Å²) in [4.78, 5) is 22.7. The van der Waals surface area contributed by atoms with Gasteiger partial charge in [-0.3, -0.25) is 9.59 Å². The van der Waals surface area contributed by atoms with E-state index in [1.165, 1.54) is 13.8 Å². The zero-order chi connectivity index (χ0) is 12.3. The Hall–Kier alpha value is -1.10. The maximum atomic E-state index is 11.8. The van der Waals surface area contributed by atoms with E-state index in [9.17, 15) is 9.59 Å². The van der Waals surface area contributed by atoms with Crippen molar-refractivity contribution in [2.75, 3.05) is 7.11 Å². The number of carbonyl (C=O) groups is 2. The number of amides is 1. The van der Waals surface area contributed by atoms with Crippen molar-refractivity contribution in [2.45, 2.75) is 45.3 Å². The van der Waals surface area contributed by atoms with Crippen LogP contribution >= 0.6 is 0 Å². The first kappa shape index (κ1) is 13.0. The van der Waals surface area contributed by atoms with E-state index in [0.717, 1.165) is 19.3 Å². The van der Waals surface area contributed by atoms with E-state index in [1.807, 2.05) is 0 Å². The Labute approximate surface area is 95.2 Å². The molecule has 5 heteroatoms. The van der Waals surface area contributed by atoms with E-state index in [-0.39, 0.29) is 12.1 Å². The minimum atomic E-state index is -1.39. The molecule has 92 valence electrons. The molecule has 1 saturated carbocycles. The molecule has 16 heavy (non-hydrogen) atoms. The number of rotatable bonds is 4. The van der Waals surface area contributed by atoms with Crippen LogP contribution in [0.2, 0.25) is 0 Å². The van der Waals surface area contributed by atoms with Gasteiger partial charge in [0.1, 0.15) is 5.41 Å². The predicted molar refractivity (Wildman–Crippen MR) is 58.0 cm³/mol. The van der Waals surface area contributed by atoms with E-state index in [0.29, 0.717) is 0 Å². The fourth-order valence-corrected chi connectivity index (χ4v) is 1.82.